The second-order valence-electron chi connectivity index (χ2n) is 4.92. The molecule has 0 bridgehead atoms. The van der Waals surface area contributed by atoms with E-state index in [1.807, 2.05) is 6.07 Å². The van der Waals surface area contributed by atoms with E-state index in [-0.39, 0.29) is 18.9 Å². The molecular formula is C19H20N2O4. The number of hydrogen-bond acceptors (Lipinski definition) is 6. The molecule has 6 heteroatoms. The normalized spacial score (nSPS) is 10.9. The molecular weight excluding hydrogens is 320 g/mol. The minimum atomic E-state index is -0.546. The summed E-state index contributed by atoms with van der Waals surface area (Å²) in [7, 11) is 0. The number of hydrogen-bond donors (Lipinski definition) is 1. The van der Waals surface area contributed by atoms with Gasteiger partial charge in [0.15, 0.2) is 5.71 Å². The van der Waals surface area contributed by atoms with E-state index in [2.05, 4.69) is 10.5 Å². The summed E-state index contributed by atoms with van der Waals surface area (Å²) in [5, 5.41) is 4.17. The van der Waals surface area contributed by atoms with Crippen molar-refractivity contribution in [2.75, 3.05) is 18.6 Å². The molecule has 130 valence electrons. The highest BCUT2D eigenvalue weighted by Gasteiger charge is 2.16. The van der Waals surface area contributed by atoms with Crippen molar-refractivity contribution in [2.45, 2.75) is 13.8 Å². The van der Waals surface area contributed by atoms with Crippen molar-refractivity contribution in [3.63, 3.8) is 0 Å². The second-order valence-corrected chi connectivity index (χ2v) is 4.92. The van der Waals surface area contributed by atoms with E-state index in [4.69, 9.17) is 9.47 Å². The number of nitrogens with one attached hydrogen (secondary N) is 1. The first kappa shape index (κ1) is 18.2. The molecule has 6 nitrogen and oxygen atoms in total. The zero-order chi connectivity index (χ0) is 18.1. The quantitative estimate of drug-likeness (QED) is 0.476. The number of carbonyl (C=O) groups is 2. The number of rotatable bonds is 7. The molecule has 0 saturated carbocycles. The summed E-state index contributed by atoms with van der Waals surface area (Å²) >= 11 is 0. The molecule has 0 radical (unpaired) electrons. The summed E-state index contributed by atoms with van der Waals surface area (Å²) in [5.41, 5.74) is 4.30. The third-order valence-electron chi connectivity index (χ3n) is 3.23. The molecule has 0 amide bonds. The number of nitrogens with zero attached hydrogens (tertiary/aromatic N) is 1. The van der Waals surface area contributed by atoms with Crippen LogP contribution in [-0.2, 0) is 14.3 Å². The number of carbonyl (C=O) groups excluding carboxylic acids is 2. The van der Waals surface area contributed by atoms with Gasteiger partial charge in [0.1, 0.15) is 0 Å². The SMILES string of the molecule is CCOC(=O)/C(=N\Nc1ccccc1C(=O)OCC)c1ccccc1. The van der Waals surface area contributed by atoms with Gasteiger partial charge in [-0.25, -0.2) is 9.59 Å². The molecule has 0 aromatic heterocycles. The fourth-order valence-electron chi connectivity index (χ4n) is 2.11. The predicted molar refractivity (Wildman–Crippen MR) is 95.6 cm³/mol. The Morgan fingerprint density at radius 1 is 0.920 bits per heavy atom. The van der Waals surface area contributed by atoms with Gasteiger partial charge in [0.05, 0.1) is 24.5 Å². The molecule has 2 rings (SSSR count). The minimum absolute atomic E-state index is 0.126. The van der Waals surface area contributed by atoms with Gasteiger partial charge in [0.25, 0.3) is 0 Å². The lowest BCUT2D eigenvalue weighted by Gasteiger charge is -2.10. The largest absolute Gasteiger partial charge is 0.462 e. The molecule has 25 heavy (non-hydrogen) atoms. The van der Waals surface area contributed by atoms with E-state index in [1.165, 1.54) is 0 Å². The summed E-state index contributed by atoms with van der Waals surface area (Å²) in [6.07, 6.45) is 0. The van der Waals surface area contributed by atoms with Gasteiger partial charge in [0.2, 0.25) is 0 Å². The smallest absolute Gasteiger partial charge is 0.359 e. The summed E-state index contributed by atoms with van der Waals surface area (Å²) in [5.74, 6) is -1.01. The molecule has 1 N–H and O–H groups in total. The Labute approximate surface area is 146 Å². The lowest BCUT2D eigenvalue weighted by atomic mass is 10.1. The maximum absolute atomic E-state index is 12.2. The van der Waals surface area contributed by atoms with Crippen LogP contribution in [0.2, 0.25) is 0 Å². The summed E-state index contributed by atoms with van der Waals surface area (Å²) < 4.78 is 10.1. The van der Waals surface area contributed by atoms with Gasteiger partial charge in [-0.05, 0) is 26.0 Å². The number of esters is 2. The molecule has 0 aliphatic heterocycles. The molecule has 0 heterocycles. The van der Waals surface area contributed by atoms with Crippen LogP contribution in [-0.4, -0.2) is 30.9 Å². The Bertz CT molecular complexity index is 757. The highest BCUT2D eigenvalue weighted by Crippen LogP contribution is 2.17. The van der Waals surface area contributed by atoms with Crippen molar-refractivity contribution < 1.29 is 19.1 Å². The first-order chi connectivity index (χ1) is 12.2. The molecule has 0 saturated heterocycles. The zero-order valence-electron chi connectivity index (χ0n) is 14.2. The van der Waals surface area contributed by atoms with E-state index in [0.717, 1.165) is 0 Å². The maximum atomic E-state index is 12.2. The molecule has 0 unspecified atom stereocenters. The molecule has 0 aliphatic rings. The van der Waals surface area contributed by atoms with E-state index in [1.54, 1.807) is 62.4 Å². The molecule has 0 spiro atoms. The lowest BCUT2D eigenvalue weighted by Crippen LogP contribution is -2.20. The van der Waals surface area contributed by atoms with Crippen molar-refractivity contribution in [1.82, 2.24) is 0 Å². The van der Waals surface area contributed by atoms with E-state index in [0.29, 0.717) is 16.8 Å². The third-order valence-corrected chi connectivity index (χ3v) is 3.23. The number of hydrazone groups is 1. The number of para-hydroxylation sites is 1. The van der Waals surface area contributed by atoms with Crippen LogP contribution in [0.3, 0.4) is 0 Å². The fraction of sp³-hybridized carbons (Fsp3) is 0.211. The first-order valence-corrected chi connectivity index (χ1v) is 7.99. The fourth-order valence-corrected chi connectivity index (χ4v) is 2.11. The van der Waals surface area contributed by atoms with Gasteiger partial charge in [-0.3, -0.25) is 5.43 Å². The predicted octanol–water partition coefficient (Wildman–Crippen LogP) is 3.24. The summed E-state index contributed by atoms with van der Waals surface area (Å²) in [4.78, 5) is 24.2. The average molecular weight is 340 g/mol. The standard InChI is InChI=1S/C19H20N2O4/c1-3-24-18(22)15-12-8-9-13-16(15)20-21-17(19(23)25-4-2)14-10-6-5-7-11-14/h5-13,20H,3-4H2,1-2H3/b21-17-. The van der Waals surface area contributed by atoms with Crippen LogP contribution in [0.15, 0.2) is 59.7 Å². The van der Waals surface area contributed by atoms with E-state index in [9.17, 15) is 9.59 Å². The topological polar surface area (TPSA) is 77.0 Å². The third kappa shape index (κ3) is 4.91. The van der Waals surface area contributed by atoms with Gasteiger partial charge >= 0.3 is 11.9 Å². The van der Waals surface area contributed by atoms with Crippen molar-refractivity contribution >= 4 is 23.3 Å². The Morgan fingerprint density at radius 3 is 2.24 bits per heavy atom. The van der Waals surface area contributed by atoms with Gasteiger partial charge in [-0.2, -0.15) is 5.10 Å². The van der Waals surface area contributed by atoms with Crippen LogP contribution < -0.4 is 5.43 Å². The monoisotopic (exact) mass is 340 g/mol. The Balaban J connectivity index is 2.33. The number of anilines is 1. The molecule has 2 aromatic rings. The summed E-state index contributed by atoms with van der Waals surface area (Å²) in [6, 6.07) is 15.8. The minimum Gasteiger partial charge on any atom is -0.462 e. The lowest BCUT2D eigenvalue weighted by molar-refractivity contribution is -0.134. The van der Waals surface area contributed by atoms with Crippen molar-refractivity contribution in [3.8, 4) is 0 Å². The van der Waals surface area contributed by atoms with Crippen LogP contribution in [0.5, 0.6) is 0 Å². The van der Waals surface area contributed by atoms with Crippen molar-refractivity contribution in [1.29, 1.82) is 0 Å². The van der Waals surface area contributed by atoms with Crippen molar-refractivity contribution in [2.24, 2.45) is 5.10 Å². The van der Waals surface area contributed by atoms with E-state index >= 15 is 0 Å². The van der Waals surface area contributed by atoms with E-state index < -0.39 is 11.9 Å². The van der Waals surface area contributed by atoms with Crippen LogP contribution >= 0.6 is 0 Å². The Morgan fingerprint density at radius 2 is 1.56 bits per heavy atom. The van der Waals surface area contributed by atoms with Gasteiger partial charge in [-0.1, -0.05) is 42.5 Å². The van der Waals surface area contributed by atoms with Gasteiger partial charge in [0, 0.05) is 5.56 Å². The molecule has 0 atom stereocenters. The Kier molecular flexibility index (Phi) is 6.71. The van der Waals surface area contributed by atoms with Crippen LogP contribution in [0.25, 0.3) is 0 Å². The highest BCUT2D eigenvalue weighted by atomic mass is 16.5. The molecule has 0 aliphatic carbocycles. The average Bonchev–Trinajstić information content (AvgIpc) is 2.63. The van der Waals surface area contributed by atoms with Crippen LogP contribution in [0.4, 0.5) is 5.69 Å². The number of benzene rings is 2. The highest BCUT2D eigenvalue weighted by molar-refractivity contribution is 6.43. The maximum Gasteiger partial charge on any atom is 0.359 e. The van der Waals surface area contributed by atoms with Gasteiger partial charge < -0.3 is 9.47 Å². The summed E-state index contributed by atoms with van der Waals surface area (Å²) in [6.45, 7) is 3.98. The molecule has 0 fully saturated rings. The Hall–Kier alpha value is -3.15. The van der Waals surface area contributed by atoms with Crippen LogP contribution in [0.1, 0.15) is 29.8 Å². The first-order valence-electron chi connectivity index (χ1n) is 7.99. The van der Waals surface area contributed by atoms with Crippen LogP contribution in [0, 0.1) is 0 Å². The second kappa shape index (κ2) is 9.22. The van der Waals surface area contributed by atoms with Crippen molar-refractivity contribution in [3.05, 3.63) is 65.7 Å². The number of ether oxygens (including phenoxy) is 2. The zero-order valence-corrected chi connectivity index (χ0v) is 14.2. The molecule has 2 aromatic carbocycles. The van der Waals surface area contributed by atoms with Gasteiger partial charge in [-0.15, -0.1) is 0 Å².